The Hall–Kier alpha value is -8.79. The van der Waals surface area contributed by atoms with Crippen LogP contribution in [0, 0.1) is 0 Å². The summed E-state index contributed by atoms with van der Waals surface area (Å²) in [5, 5.41) is 7.19. The lowest BCUT2D eigenvalue weighted by Gasteiger charge is -2.35. The summed E-state index contributed by atoms with van der Waals surface area (Å²) in [6, 6.07) is 70.1. The van der Waals surface area contributed by atoms with Crippen molar-refractivity contribution in [2.45, 2.75) is 18.3 Å². The highest BCUT2D eigenvalue weighted by atomic mass is 15.0. The second-order valence-electron chi connectivity index (χ2n) is 18.1. The number of hydrogen-bond acceptors (Lipinski definition) is 3. The average Bonchev–Trinajstić information content (AvgIpc) is 3.67. The molecule has 3 aliphatic rings. The zero-order valence-corrected chi connectivity index (χ0v) is 37.9. The van der Waals surface area contributed by atoms with E-state index in [1.165, 1.54) is 49.2 Å². The van der Waals surface area contributed by atoms with Gasteiger partial charge in [-0.25, -0.2) is 15.0 Å². The first kappa shape index (κ1) is 40.5. The van der Waals surface area contributed by atoms with Gasteiger partial charge >= 0.3 is 0 Å². The van der Waals surface area contributed by atoms with Gasteiger partial charge in [0.25, 0.3) is 0 Å². The van der Waals surface area contributed by atoms with Crippen LogP contribution in [-0.2, 0) is 5.41 Å². The van der Waals surface area contributed by atoms with E-state index in [4.69, 9.17) is 15.0 Å². The Kier molecular flexibility index (Phi) is 9.87. The van der Waals surface area contributed by atoms with Crippen LogP contribution < -0.4 is 10.4 Å². The van der Waals surface area contributed by atoms with Gasteiger partial charge in [-0.1, -0.05) is 249 Å². The van der Waals surface area contributed by atoms with E-state index >= 15 is 0 Å². The van der Waals surface area contributed by atoms with Gasteiger partial charge in [0.1, 0.15) is 0 Å². The van der Waals surface area contributed by atoms with Crippen LogP contribution in [-0.4, -0.2) is 15.0 Å². The second-order valence-corrected chi connectivity index (χ2v) is 18.1. The molecule has 13 rings (SSSR count). The van der Waals surface area contributed by atoms with Crippen LogP contribution in [0.25, 0.3) is 101 Å². The van der Waals surface area contributed by atoms with Gasteiger partial charge in [-0.15, -0.1) is 0 Å². The molecule has 1 heterocycles. The first-order valence-electron chi connectivity index (χ1n) is 23.9. The van der Waals surface area contributed by atoms with Gasteiger partial charge in [-0.2, -0.15) is 0 Å². The van der Waals surface area contributed by atoms with Crippen molar-refractivity contribution in [3.8, 4) is 67.5 Å². The van der Waals surface area contributed by atoms with Crippen molar-refractivity contribution in [1.82, 2.24) is 15.0 Å². The summed E-state index contributed by atoms with van der Waals surface area (Å²) in [4.78, 5) is 15.7. The summed E-state index contributed by atoms with van der Waals surface area (Å²) < 4.78 is 0. The number of allylic oxidation sites excluding steroid dienone is 8. The summed E-state index contributed by atoms with van der Waals surface area (Å²) in [6.45, 7) is 0. The number of nitrogens with zero attached hydrogens (tertiary/aromatic N) is 3. The second kappa shape index (κ2) is 16.8. The summed E-state index contributed by atoms with van der Waals surface area (Å²) in [5.74, 6) is 1.92. The van der Waals surface area contributed by atoms with Gasteiger partial charge < -0.3 is 0 Å². The number of fused-ring (bicyclic) bond motifs is 8. The molecule has 3 nitrogen and oxygen atoms in total. The van der Waals surface area contributed by atoms with E-state index in [-0.39, 0.29) is 0 Å². The maximum Gasteiger partial charge on any atom is 0.165 e. The molecule has 1 atom stereocenters. The molecule has 324 valence electrons. The molecule has 1 unspecified atom stereocenters. The topological polar surface area (TPSA) is 38.7 Å². The summed E-state index contributed by atoms with van der Waals surface area (Å²) >= 11 is 0. The molecular formula is C66H45N3. The van der Waals surface area contributed by atoms with E-state index in [9.17, 15) is 0 Å². The van der Waals surface area contributed by atoms with Crippen molar-refractivity contribution in [2.75, 3.05) is 0 Å². The molecule has 0 aliphatic heterocycles. The van der Waals surface area contributed by atoms with E-state index in [1.54, 1.807) is 0 Å². The van der Waals surface area contributed by atoms with Gasteiger partial charge in [0.05, 0.1) is 5.41 Å². The van der Waals surface area contributed by atoms with Crippen molar-refractivity contribution < 1.29 is 0 Å². The van der Waals surface area contributed by atoms with Crippen LogP contribution in [0.1, 0.15) is 29.5 Å². The van der Waals surface area contributed by atoms with E-state index < -0.39 is 5.41 Å². The first-order chi connectivity index (χ1) is 34.2. The maximum absolute atomic E-state index is 5.31. The fourth-order valence-corrected chi connectivity index (χ4v) is 11.2. The van der Waals surface area contributed by atoms with Gasteiger partial charge in [-0.05, 0) is 94.9 Å². The van der Waals surface area contributed by atoms with E-state index in [2.05, 4.69) is 212 Å². The molecule has 3 aliphatic carbocycles. The number of benzene rings is 9. The van der Waals surface area contributed by atoms with E-state index in [0.29, 0.717) is 17.5 Å². The lowest BCUT2D eigenvalue weighted by atomic mass is 9.66. The largest absolute Gasteiger partial charge is 0.208 e. The van der Waals surface area contributed by atoms with Crippen LogP contribution in [0.2, 0.25) is 0 Å². The minimum absolute atomic E-state index is 0.463. The molecular weight excluding hydrogens is 835 g/mol. The molecule has 0 amide bonds. The molecule has 0 fully saturated rings. The highest BCUT2D eigenvalue weighted by molar-refractivity contribution is 6.21. The van der Waals surface area contributed by atoms with Gasteiger partial charge in [0, 0.05) is 22.3 Å². The van der Waals surface area contributed by atoms with E-state index in [1.807, 2.05) is 36.4 Å². The average molecular weight is 880 g/mol. The van der Waals surface area contributed by atoms with Gasteiger partial charge in [0.15, 0.2) is 17.5 Å². The van der Waals surface area contributed by atoms with Crippen LogP contribution >= 0.6 is 0 Å². The summed E-state index contributed by atoms with van der Waals surface area (Å²) in [7, 11) is 0. The van der Waals surface area contributed by atoms with Crippen molar-refractivity contribution >= 4 is 33.7 Å². The van der Waals surface area contributed by atoms with Crippen molar-refractivity contribution in [3.05, 3.63) is 269 Å². The highest BCUT2D eigenvalue weighted by Gasteiger charge is 2.47. The quantitative estimate of drug-likeness (QED) is 0.150. The Morgan fingerprint density at radius 2 is 0.942 bits per heavy atom. The lowest BCUT2D eigenvalue weighted by Crippen LogP contribution is -2.32. The molecule has 0 saturated carbocycles. The van der Waals surface area contributed by atoms with Crippen molar-refractivity contribution in [2.24, 2.45) is 0 Å². The first-order valence-corrected chi connectivity index (χ1v) is 23.9. The Labute approximate surface area is 401 Å². The SMILES string of the molecule is C1=CC=C(C2(c3ccc(-c4ccc(-c5c(-c6nc(-c7ccccc7)nc(-c7ccccc7)n6)c6ccccc6c6ccccc56)cc4)cc3)c3ccccc3-c3c2ccc2c3=CC=CCC=2)CC=C1. The highest BCUT2D eigenvalue weighted by Crippen LogP contribution is 2.56. The molecule has 10 aromatic rings. The third-order valence-electron chi connectivity index (χ3n) is 14.3. The van der Waals surface area contributed by atoms with Crippen LogP contribution in [0.4, 0.5) is 0 Å². The zero-order valence-electron chi connectivity index (χ0n) is 37.9. The number of aromatic nitrogens is 3. The number of hydrogen-bond donors (Lipinski definition) is 0. The van der Waals surface area contributed by atoms with Crippen LogP contribution in [0.5, 0.6) is 0 Å². The molecule has 0 spiro atoms. The molecule has 0 radical (unpaired) electrons. The van der Waals surface area contributed by atoms with Crippen LogP contribution in [0.15, 0.2) is 242 Å². The lowest BCUT2D eigenvalue weighted by molar-refractivity contribution is 0.726. The minimum atomic E-state index is -0.463. The third-order valence-corrected chi connectivity index (χ3v) is 14.3. The molecule has 0 saturated heterocycles. The summed E-state index contributed by atoms with van der Waals surface area (Å²) in [6.07, 6.45) is 22.1. The van der Waals surface area contributed by atoms with Crippen molar-refractivity contribution in [3.63, 3.8) is 0 Å². The fraction of sp³-hybridized carbons (Fsp3) is 0.0455. The Balaban J connectivity index is 0.967. The summed E-state index contributed by atoms with van der Waals surface area (Å²) in [5.41, 5.74) is 14.9. The number of rotatable bonds is 7. The van der Waals surface area contributed by atoms with Crippen LogP contribution in [0.3, 0.4) is 0 Å². The molecule has 0 bridgehead atoms. The Bertz CT molecular complexity index is 3860. The molecule has 1 aromatic heterocycles. The normalized spacial score (nSPS) is 15.6. The monoisotopic (exact) mass is 879 g/mol. The Morgan fingerprint density at radius 1 is 0.362 bits per heavy atom. The Morgan fingerprint density at radius 3 is 1.64 bits per heavy atom. The molecule has 0 N–H and O–H groups in total. The molecule has 69 heavy (non-hydrogen) atoms. The fourth-order valence-electron chi connectivity index (χ4n) is 11.2. The van der Waals surface area contributed by atoms with Crippen molar-refractivity contribution in [1.29, 1.82) is 0 Å². The minimum Gasteiger partial charge on any atom is -0.208 e. The predicted octanol–water partition coefficient (Wildman–Crippen LogP) is 14.8. The van der Waals surface area contributed by atoms with E-state index in [0.717, 1.165) is 67.9 Å². The maximum atomic E-state index is 5.31. The molecule has 3 heteroatoms. The van der Waals surface area contributed by atoms with Gasteiger partial charge in [-0.3, -0.25) is 0 Å². The molecule has 9 aromatic carbocycles. The standard InChI is InChI=1S/C66H45N3/c1-2-12-26-50(25-11-1)66(58-33-19-18-32-57(58)61-52-27-13-5-6-20-46(52)40-43-59(61)66)51-41-38-45(39-42-51)44-34-36-47(37-35-44)60-55-30-16-14-28-53(55)54-29-15-17-31-56(54)62(60)65-68-63(48-21-7-3-8-22-48)67-64(69-65)49-23-9-4-10-24-49/h1-5,7-25,27-43H,6,26H2. The zero-order chi connectivity index (χ0) is 45.7. The predicted molar refractivity (Wildman–Crippen MR) is 287 cm³/mol. The van der Waals surface area contributed by atoms with Gasteiger partial charge in [0.2, 0.25) is 0 Å². The smallest absolute Gasteiger partial charge is 0.165 e. The third kappa shape index (κ3) is 6.69.